The number of thioether (sulfide) groups is 1. The van der Waals surface area contributed by atoms with E-state index < -0.39 is 0 Å². The Hall–Kier alpha value is 0.440. The van der Waals surface area contributed by atoms with E-state index in [2.05, 4.69) is 12.3 Å². The molecule has 0 fully saturated rings. The average molecular weight is 298 g/mol. The largest absolute Gasteiger partial charge is 0.165 e. The van der Waals surface area contributed by atoms with Crippen LogP contribution in [0, 0.1) is 0 Å². The van der Waals surface area contributed by atoms with Crippen LogP contribution in [-0.4, -0.2) is 23.8 Å². The molecule has 0 atom stereocenters. The predicted octanol–water partition coefficient (Wildman–Crippen LogP) is 4.81. The second-order valence-electron chi connectivity index (χ2n) is 3.80. The Labute approximate surface area is 117 Å². The van der Waals surface area contributed by atoms with Crippen molar-refractivity contribution in [3.8, 4) is 0 Å². The topological polar surface area (TPSA) is 0 Å². The molecule has 0 heterocycles. The zero-order valence-electron chi connectivity index (χ0n) is 9.18. The molecule has 0 aliphatic rings. The van der Waals surface area contributed by atoms with Crippen LogP contribution < -0.4 is 0 Å². The van der Waals surface area contributed by atoms with Gasteiger partial charge in [-0.15, -0.1) is 23.2 Å². The van der Waals surface area contributed by atoms with Gasteiger partial charge in [0.25, 0.3) is 0 Å². The van der Waals surface area contributed by atoms with Gasteiger partial charge in [-0.2, -0.15) is 11.8 Å². The summed E-state index contributed by atoms with van der Waals surface area (Å²) in [6.07, 6.45) is 3.06. The Balaban J connectivity index is 2.99. The minimum atomic E-state index is -0.156. The minimum Gasteiger partial charge on any atom is -0.165 e. The second-order valence-corrected chi connectivity index (χ2v) is 5.76. The van der Waals surface area contributed by atoms with E-state index in [1.165, 1.54) is 0 Å². The molecule has 0 bridgehead atoms. The Bertz CT molecular complexity index is 324. The second kappa shape index (κ2) is 7.00. The van der Waals surface area contributed by atoms with Gasteiger partial charge in [-0.25, -0.2) is 0 Å². The monoisotopic (exact) mass is 296 g/mol. The van der Waals surface area contributed by atoms with Gasteiger partial charge in [0.15, 0.2) is 0 Å². The summed E-state index contributed by atoms with van der Waals surface area (Å²) in [5, 5.41) is 0.737. The number of benzene rings is 1. The third-order valence-electron chi connectivity index (χ3n) is 2.73. The molecular weight excluding hydrogens is 283 g/mol. The van der Waals surface area contributed by atoms with Crippen molar-refractivity contribution in [1.82, 2.24) is 0 Å². The molecule has 90 valence electrons. The summed E-state index contributed by atoms with van der Waals surface area (Å²) < 4.78 is 0. The van der Waals surface area contributed by atoms with Crippen LogP contribution in [0.3, 0.4) is 0 Å². The van der Waals surface area contributed by atoms with Gasteiger partial charge in [-0.05, 0) is 36.1 Å². The first kappa shape index (κ1) is 14.5. The van der Waals surface area contributed by atoms with Crippen molar-refractivity contribution in [3.05, 3.63) is 34.9 Å². The van der Waals surface area contributed by atoms with Crippen LogP contribution in [0.5, 0.6) is 0 Å². The quantitative estimate of drug-likeness (QED) is 0.679. The van der Waals surface area contributed by atoms with Crippen LogP contribution in [0.25, 0.3) is 0 Å². The molecule has 0 aliphatic carbocycles. The van der Waals surface area contributed by atoms with Gasteiger partial charge in [0.2, 0.25) is 0 Å². The van der Waals surface area contributed by atoms with Gasteiger partial charge in [0.05, 0.1) is 0 Å². The Morgan fingerprint density at radius 3 is 2.44 bits per heavy atom. The van der Waals surface area contributed by atoms with Crippen LogP contribution >= 0.6 is 46.6 Å². The van der Waals surface area contributed by atoms with Gasteiger partial charge in [-0.3, -0.25) is 0 Å². The summed E-state index contributed by atoms with van der Waals surface area (Å²) in [5.41, 5.74) is 0.982. The van der Waals surface area contributed by atoms with Crippen LogP contribution in [0.1, 0.15) is 12.0 Å². The number of halogens is 3. The van der Waals surface area contributed by atoms with Gasteiger partial charge >= 0.3 is 0 Å². The zero-order chi connectivity index (χ0) is 12.0. The fraction of sp³-hybridized carbons (Fsp3) is 0.500. The molecular formula is C12H15Cl3S. The van der Waals surface area contributed by atoms with E-state index in [1.807, 2.05) is 30.0 Å². The Morgan fingerprint density at radius 1 is 1.25 bits per heavy atom. The maximum absolute atomic E-state index is 6.11. The van der Waals surface area contributed by atoms with Crippen LogP contribution in [0.4, 0.5) is 0 Å². The normalized spacial score (nSPS) is 11.8. The maximum atomic E-state index is 6.11. The molecule has 0 aliphatic heterocycles. The lowest BCUT2D eigenvalue weighted by atomic mass is 9.82. The van der Waals surface area contributed by atoms with Crippen LogP contribution in [-0.2, 0) is 5.41 Å². The molecule has 0 nitrogen and oxygen atoms in total. The smallest absolute Gasteiger partial charge is 0.0408 e. The fourth-order valence-corrected chi connectivity index (χ4v) is 3.23. The van der Waals surface area contributed by atoms with E-state index in [0.29, 0.717) is 11.8 Å². The van der Waals surface area contributed by atoms with Crippen molar-refractivity contribution >= 4 is 46.6 Å². The van der Waals surface area contributed by atoms with Crippen molar-refractivity contribution in [2.45, 2.75) is 11.8 Å². The molecule has 0 amide bonds. The summed E-state index contributed by atoms with van der Waals surface area (Å²) in [6.45, 7) is 0. The van der Waals surface area contributed by atoms with Crippen molar-refractivity contribution in [2.24, 2.45) is 0 Å². The highest BCUT2D eigenvalue weighted by molar-refractivity contribution is 7.98. The molecule has 0 radical (unpaired) electrons. The average Bonchev–Trinajstić information content (AvgIpc) is 2.31. The molecule has 0 spiro atoms. The number of rotatable bonds is 6. The Morgan fingerprint density at radius 2 is 1.94 bits per heavy atom. The third-order valence-corrected chi connectivity index (χ3v) is 4.60. The van der Waals surface area contributed by atoms with E-state index in [1.54, 1.807) is 0 Å². The van der Waals surface area contributed by atoms with E-state index >= 15 is 0 Å². The molecule has 0 unspecified atom stereocenters. The number of hydrogen-bond acceptors (Lipinski definition) is 1. The van der Waals surface area contributed by atoms with Crippen molar-refractivity contribution in [1.29, 1.82) is 0 Å². The van der Waals surface area contributed by atoms with Gasteiger partial charge in [-0.1, -0.05) is 23.7 Å². The lowest BCUT2D eigenvalue weighted by Crippen LogP contribution is -2.31. The highest BCUT2D eigenvalue weighted by atomic mass is 35.5. The van der Waals surface area contributed by atoms with Crippen molar-refractivity contribution in [3.63, 3.8) is 0 Å². The van der Waals surface area contributed by atoms with Gasteiger partial charge in [0, 0.05) is 22.2 Å². The standard InChI is InChI=1S/C12H15Cl3S/c1-16-6-5-12(8-13,9-14)10-3-2-4-11(15)7-10/h2-4,7H,5-6,8-9H2,1H3. The zero-order valence-corrected chi connectivity index (χ0v) is 12.3. The SMILES string of the molecule is CSCCC(CCl)(CCl)c1cccc(Cl)c1. The lowest BCUT2D eigenvalue weighted by Gasteiger charge is -2.30. The Kier molecular flexibility index (Phi) is 6.35. The van der Waals surface area contributed by atoms with Crippen LogP contribution in [0.2, 0.25) is 5.02 Å². The summed E-state index contributed by atoms with van der Waals surface area (Å²) >= 11 is 20.0. The molecule has 4 heteroatoms. The first-order chi connectivity index (χ1) is 7.68. The summed E-state index contributed by atoms with van der Waals surface area (Å²) in [5.74, 6) is 2.10. The third kappa shape index (κ3) is 3.46. The van der Waals surface area contributed by atoms with Gasteiger partial charge < -0.3 is 0 Å². The minimum absolute atomic E-state index is 0.156. The number of hydrogen-bond donors (Lipinski definition) is 0. The molecule has 0 saturated heterocycles. The van der Waals surface area contributed by atoms with E-state index in [9.17, 15) is 0 Å². The fourth-order valence-electron chi connectivity index (χ4n) is 1.58. The van der Waals surface area contributed by atoms with E-state index in [4.69, 9.17) is 34.8 Å². The molecule has 0 N–H and O–H groups in total. The first-order valence-electron chi connectivity index (χ1n) is 5.05. The molecule has 0 aromatic heterocycles. The molecule has 1 aromatic rings. The lowest BCUT2D eigenvalue weighted by molar-refractivity contribution is 0.524. The highest BCUT2D eigenvalue weighted by Crippen LogP contribution is 2.33. The van der Waals surface area contributed by atoms with Crippen LogP contribution in [0.15, 0.2) is 24.3 Å². The molecule has 0 saturated carbocycles. The summed E-state index contributed by atoms with van der Waals surface area (Å²) in [6, 6.07) is 7.83. The number of alkyl halides is 2. The first-order valence-corrected chi connectivity index (χ1v) is 7.89. The molecule has 1 aromatic carbocycles. The van der Waals surface area contributed by atoms with Gasteiger partial charge in [0.1, 0.15) is 0 Å². The molecule has 1 rings (SSSR count). The maximum Gasteiger partial charge on any atom is 0.0408 e. The summed E-state index contributed by atoms with van der Waals surface area (Å²) in [4.78, 5) is 0. The highest BCUT2D eigenvalue weighted by Gasteiger charge is 2.30. The van der Waals surface area contributed by atoms with E-state index in [-0.39, 0.29) is 5.41 Å². The van der Waals surface area contributed by atoms with Crippen molar-refractivity contribution < 1.29 is 0 Å². The predicted molar refractivity (Wildman–Crippen MR) is 77.6 cm³/mol. The molecule has 16 heavy (non-hydrogen) atoms. The van der Waals surface area contributed by atoms with E-state index in [0.717, 1.165) is 22.8 Å². The summed E-state index contributed by atoms with van der Waals surface area (Å²) in [7, 11) is 0. The van der Waals surface area contributed by atoms with Crippen molar-refractivity contribution in [2.75, 3.05) is 23.8 Å².